The van der Waals surface area contributed by atoms with Gasteiger partial charge >= 0.3 is 0 Å². The van der Waals surface area contributed by atoms with E-state index in [1.54, 1.807) is 6.20 Å². The molecule has 0 aromatic carbocycles. The molecular formula is C10H17N3O. The van der Waals surface area contributed by atoms with Gasteiger partial charge in [0.05, 0.1) is 5.60 Å². The van der Waals surface area contributed by atoms with Crippen molar-refractivity contribution in [3.63, 3.8) is 0 Å². The Balaban J connectivity index is 1.97. The lowest BCUT2D eigenvalue weighted by atomic mass is 9.78. The van der Waals surface area contributed by atoms with Crippen LogP contribution in [0.1, 0.15) is 37.4 Å². The molecule has 4 nitrogen and oxygen atoms in total. The monoisotopic (exact) mass is 195 g/mol. The predicted molar refractivity (Wildman–Crippen MR) is 53.8 cm³/mol. The molecule has 1 heterocycles. The van der Waals surface area contributed by atoms with Gasteiger partial charge in [-0.05, 0) is 25.7 Å². The summed E-state index contributed by atoms with van der Waals surface area (Å²) in [6, 6.07) is 0. The van der Waals surface area contributed by atoms with Crippen molar-refractivity contribution >= 4 is 0 Å². The number of rotatable bonds is 2. The van der Waals surface area contributed by atoms with Gasteiger partial charge in [-0.2, -0.15) is 0 Å². The van der Waals surface area contributed by atoms with Gasteiger partial charge in [0.15, 0.2) is 0 Å². The van der Waals surface area contributed by atoms with Gasteiger partial charge in [0.2, 0.25) is 0 Å². The van der Waals surface area contributed by atoms with Crippen LogP contribution >= 0.6 is 0 Å². The molecule has 0 atom stereocenters. The zero-order valence-electron chi connectivity index (χ0n) is 8.24. The Morgan fingerprint density at radius 1 is 1.57 bits per heavy atom. The third-order valence-electron chi connectivity index (χ3n) is 3.20. The van der Waals surface area contributed by atoms with Crippen molar-refractivity contribution in [1.82, 2.24) is 9.97 Å². The first-order chi connectivity index (χ1) is 6.73. The zero-order valence-corrected chi connectivity index (χ0v) is 8.24. The molecule has 1 fully saturated rings. The van der Waals surface area contributed by atoms with Crippen LogP contribution in [-0.4, -0.2) is 27.2 Å². The Labute approximate surface area is 83.5 Å². The van der Waals surface area contributed by atoms with E-state index in [0.717, 1.165) is 31.5 Å². The molecule has 0 amide bonds. The maximum absolute atomic E-state index is 9.94. The van der Waals surface area contributed by atoms with E-state index in [4.69, 9.17) is 5.73 Å². The molecule has 78 valence electrons. The molecule has 4 N–H and O–H groups in total. The average molecular weight is 195 g/mol. The first kappa shape index (κ1) is 9.68. The Bertz CT molecular complexity index is 276. The summed E-state index contributed by atoms with van der Waals surface area (Å²) < 4.78 is 0. The topological polar surface area (TPSA) is 74.9 Å². The van der Waals surface area contributed by atoms with Crippen LogP contribution < -0.4 is 5.73 Å². The van der Waals surface area contributed by atoms with Crippen LogP contribution in [0.5, 0.6) is 0 Å². The molecule has 0 saturated heterocycles. The smallest absolute Gasteiger partial charge is 0.109 e. The number of nitrogens with two attached hydrogens (primary N) is 1. The largest absolute Gasteiger partial charge is 0.389 e. The molecule has 14 heavy (non-hydrogen) atoms. The van der Waals surface area contributed by atoms with Crippen LogP contribution in [0.2, 0.25) is 0 Å². The van der Waals surface area contributed by atoms with Gasteiger partial charge in [-0.3, -0.25) is 0 Å². The molecule has 1 saturated carbocycles. The number of aliphatic hydroxyl groups is 1. The standard InChI is InChI=1S/C10H17N3O/c11-7-10(14)3-1-8(2-4-10)9-12-5-6-13-9/h5-6,8,14H,1-4,7,11H2,(H,12,13). The molecule has 0 aliphatic heterocycles. The van der Waals surface area contributed by atoms with E-state index in [-0.39, 0.29) is 0 Å². The number of aromatic nitrogens is 2. The molecule has 0 radical (unpaired) electrons. The molecule has 0 unspecified atom stereocenters. The predicted octanol–water partition coefficient (Wildman–Crippen LogP) is 0.757. The Morgan fingerprint density at radius 3 is 2.79 bits per heavy atom. The summed E-state index contributed by atoms with van der Waals surface area (Å²) in [5.74, 6) is 1.51. The van der Waals surface area contributed by atoms with E-state index in [2.05, 4.69) is 9.97 Å². The molecule has 0 bridgehead atoms. The lowest BCUT2D eigenvalue weighted by molar-refractivity contribution is 0.00705. The number of imidazole rings is 1. The lowest BCUT2D eigenvalue weighted by Crippen LogP contribution is -2.40. The second-order valence-corrected chi connectivity index (χ2v) is 4.18. The minimum atomic E-state index is -0.622. The third-order valence-corrected chi connectivity index (χ3v) is 3.20. The van der Waals surface area contributed by atoms with E-state index in [0.29, 0.717) is 12.5 Å². The Kier molecular flexibility index (Phi) is 2.56. The molecular weight excluding hydrogens is 178 g/mol. The van der Waals surface area contributed by atoms with E-state index in [9.17, 15) is 5.11 Å². The van der Waals surface area contributed by atoms with E-state index in [1.165, 1.54) is 0 Å². The number of hydrogen-bond donors (Lipinski definition) is 3. The van der Waals surface area contributed by atoms with Crippen LogP contribution in [0.25, 0.3) is 0 Å². The Hall–Kier alpha value is -0.870. The number of nitrogens with zero attached hydrogens (tertiary/aromatic N) is 1. The van der Waals surface area contributed by atoms with E-state index >= 15 is 0 Å². The third kappa shape index (κ3) is 1.81. The van der Waals surface area contributed by atoms with Gasteiger partial charge in [-0.1, -0.05) is 0 Å². The highest BCUT2D eigenvalue weighted by atomic mass is 16.3. The summed E-state index contributed by atoms with van der Waals surface area (Å²) in [7, 11) is 0. The maximum Gasteiger partial charge on any atom is 0.109 e. The molecule has 1 aromatic heterocycles. The molecule has 1 aliphatic rings. The normalized spacial score (nSPS) is 33.1. The number of H-pyrrole nitrogens is 1. The fourth-order valence-electron chi connectivity index (χ4n) is 2.13. The fraction of sp³-hybridized carbons (Fsp3) is 0.700. The second kappa shape index (κ2) is 3.71. The molecule has 1 aromatic rings. The molecule has 1 aliphatic carbocycles. The first-order valence-electron chi connectivity index (χ1n) is 5.15. The summed E-state index contributed by atoms with van der Waals surface area (Å²) in [5, 5.41) is 9.94. The van der Waals surface area contributed by atoms with Crippen LogP contribution in [0.3, 0.4) is 0 Å². The van der Waals surface area contributed by atoms with Crippen molar-refractivity contribution in [3.05, 3.63) is 18.2 Å². The number of nitrogens with one attached hydrogen (secondary N) is 1. The molecule has 4 heteroatoms. The molecule has 0 spiro atoms. The average Bonchev–Trinajstić information content (AvgIpc) is 2.72. The zero-order chi connectivity index (χ0) is 10.0. The highest BCUT2D eigenvalue weighted by Gasteiger charge is 2.33. The van der Waals surface area contributed by atoms with Gasteiger partial charge in [-0.25, -0.2) is 4.98 Å². The van der Waals surface area contributed by atoms with Gasteiger partial charge in [-0.15, -0.1) is 0 Å². The minimum Gasteiger partial charge on any atom is -0.389 e. The van der Waals surface area contributed by atoms with Crippen LogP contribution in [0.4, 0.5) is 0 Å². The van der Waals surface area contributed by atoms with Crippen molar-refractivity contribution in [2.45, 2.75) is 37.2 Å². The van der Waals surface area contributed by atoms with Crippen molar-refractivity contribution in [2.24, 2.45) is 5.73 Å². The quantitative estimate of drug-likeness (QED) is 0.652. The SMILES string of the molecule is NCC1(O)CCC(c2ncc[nH]2)CC1. The Morgan fingerprint density at radius 2 is 2.29 bits per heavy atom. The van der Waals surface area contributed by atoms with Gasteiger partial charge in [0.1, 0.15) is 5.82 Å². The van der Waals surface area contributed by atoms with Gasteiger partial charge < -0.3 is 15.8 Å². The summed E-state index contributed by atoms with van der Waals surface area (Å²) >= 11 is 0. The summed E-state index contributed by atoms with van der Waals surface area (Å²) in [5.41, 5.74) is 4.91. The van der Waals surface area contributed by atoms with E-state index < -0.39 is 5.60 Å². The lowest BCUT2D eigenvalue weighted by Gasteiger charge is -2.34. The van der Waals surface area contributed by atoms with Crippen molar-refractivity contribution in [3.8, 4) is 0 Å². The van der Waals surface area contributed by atoms with Crippen LogP contribution in [-0.2, 0) is 0 Å². The fourth-order valence-corrected chi connectivity index (χ4v) is 2.13. The second-order valence-electron chi connectivity index (χ2n) is 4.18. The van der Waals surface area contributed by atoms with Crippen LogP contribution in [0.15, 0.2) is 12.4 Å². The van der Waals surface area contributed by atoms with Crippen LogP contribution in [0, 0.1) is 0 Å². The number of aromatic amines is 1. The highest BCUT2D eigenvalue weighted by molar-refractivity contribution is 5.01. The van der Waals surface area contributed by atoms with Gasteiger partial charge in [0.25, 0.3) is 0 Å². The summed E-state index contributed by atoms with van der Waals surface area (Å²) in [6.45, 7) is 0.373. The maximum atomic E-state index is 9.94. The summed E-state index contributed by atoms with van der Waals surface area (Å²) in [6.07, 6.45) is 7.14. The first-order valence-corrected chi connectivity index (χ1v) is 5.15. The summed E-state index contributed by atoms with van der Waals surface area (Å²) in [4.78, 5) is 7.37. The molecule has 2 rings (SSSR count). The highest BCUT2D eigenvalue weighted by Crippen LogP contribution is 2.35. The van der Waals surface area contributed by atoms with Crippen molar-refractivity contribution in [1.29, 1.82) is 0 Å². The van der Waals surface area contributed by atoms with E-state index in [1.807, 2.05) is 6.20 Å². The number of hydrogen-bond acceptors (Lipinski definition) is 3. The minimum absolute atomic E-state index is 0.373. The van der Waals surface area contributed by atoms with Gasteiger partial charge in [0, 0.05) is 24.9 Å². The van der Waals surface area contributed by atoms with Crippen molar-refractivity contribution < 1.29 is 5.11 Å². The van der Waals surface area contributed by atoms with Crippen molar-refractivity contribution in [2.75, 3.05) is 6.54 Å².